The van der Waals surface area contributed by atoms with Crippen LogP contribution in [0.5, 0.6) is 0 Å². The van der Waals surface area contributed by atoms with E-state index in [1.807, 2.05) is 0 Å². The molecule has 0 radical (unpaired) electrons. The van der Waals surface area contributed by atoms with Crippen molar-refractivity contribution in [2.24, 2.45) is 80.5 Å². The number of carbonyl (C=O) groups excluding carboxylic acids is 4. The number of rotatable bonds is 12. The summed E-state index contributed by atoms with van der Waals surface area (Å²) in [5.74, 6) is 1.94. The number of ether oxygens (including phenoxy) is 2. The number of ketones is 2. The van der Waals surface area contributed by atoms with Crippen molar-refractivity contribution in [3.8, 4) is 0 Å². The maximum absolute atomic E-state index is 14.1. The lowest BCUT2D eigenvalue weighted by molar-refractivity contribution is -0.179. The molecule has 344 valence electrons. The van der Waals surface area contributed by atoms with E-state index in [9.17, 15) is 28.3 Å². The lowest BCUT2D eigenvalue weighted by atomic mass is 9.43. The van der Waals surface area contributed by atoms with E-state index >= 15 is 0 Å². The highest BCUT2D eigenvalue weighted by Crippen LogP contribution is 2.69. The number of hydrogen-bond donors (Lipinski definition) is 2. The molecule has 8 aliphatic rings. The Bertz CT molecular complexity index is 1710. The highest BCUT2D eigenvalue weighted by molar-refractivity contribution is 7.92. The minimum Gasteiger partial charge on any atom is -0.616 e. The Hall–Kier alpha value is -1.96. The molecule has 0 bridgehead atoms. The van der Waals surface area contributed by atoms with Gasteiger partial charge in [-0.3, -0.25) is 9.59 Å². The van der Waals surface area contributed by atoms with Gasteiger partial charge >= 0.3 is 11.9 Å². The molecule has 18 atom stereocenters. The maximum Gasteiger partial charge on any atom is 0.331 e. The lowest BCUT2D eigenvalue weighted by Gasteiger charge is -2.62. The van der Waals surface area contributed by atoms with Gasteiger partial charge in [-0.15, -0.1) is 0 Å². The fourth-order valence-corrected chi connectivity index (χ4v) is 19.2. The van der Waals surface area contributed by atoms with Gasteiger partial charge in [-0.2, -0.15) is 0 Å². The van der Waals surface area contributed by atoms with Crippen molar-refractivity contribution in [3.05, 3.63) is 36.5 Å². The molecule has 12 heteroatoms. The van der Waals surface area contributed by atoms with Crippen LogP contribution >= 0.6 is 0 Å². The highest BCUT2D eigenvalue weighted by atomic mass is 32.2. The molecule has 8 aliphatic carbocycles. The Balaban J connectivity index is 1.03. The quantitative estimate of drug-likeness (QED) is 0.0889. The molecule has 0 aromatic rings. The van der Waals surface area contributed by atoms with Crippen molar-refractivity contribution in [3.63, 3.8) is 0 Å². The van der Waals surface area contributed by atoms with Gasteiger partial charge in [0.1, 0.15) is 45.8 Å². The van der Waals surface area contributed by atoms with Crippen molar-refractivity contribution in [1.29, 1.82) is 0 Å². The Kier molecular flexibility index (Phi) is 13.3. The van der Waals surface area contributed by atoms with Crippen LogP contribution in [0, 0.1) is 69.0 Å². The molecule has 0 aliphatic heterocycles. The van der Waals surface area contributed by atoms with Crippen LogP contribution in [0.2, 0.25) is 0 Å². The normalized spacial score (nSPS) is 45.9. The third kappa shape index (κ3) is 7.66. The average molecular weight is 895 g/mol. The predicted molar refractivity (Wildman–Crippen MR) is 243 cm³/mol. The van der Waals surface area contributed by atoms with Crippen LogP contribution in [-0.4, -0.2) is 79.9 Å². The molecule has 0 aromatic heterocycles. The van der Waals surface area contributed by atoms with Gasteiger partial charge in [-0.1, -0.05) is 74.4 Å². The minimum absolute atomic E-state index is 0.00921. The second-order valence-corrected chi connectivity index (χ2v) is 25.6. The van der Waals surface area contributed by atoms with Gasteiger partial charge in [0, 0.05) is 85.2 Å². The molecule has 62 heavy (non-hydrogen) atoms. The summed E-state index contributed by atoms with van der Waals surface area (Å²) in [7, 11) is 0. The van der Waals surface area contributed by atoms with Crippen LogP contribution in [0.25, 0.3) is 0 Å². The lowest BCUT2D eigenvalue weighted by Crippen LogP contribution is -2.61. The summed E-state index contributed by atoms with van der Waals surface area (Å²) in [6.45, 7) is 19.0. The number of fused-ring (bicyclic) bond motifs is 10. The van der Waals surface area contributed by atoms with Crippen LogP contribution in [0.3, 0.4) is 0 Å². The molecular formula is C50H74N2O8S2. The number of Topliss-reactive ketones (excluding diaryl/α,β-unsaturated/α-hetero) is 2. The molecule has 0 heterocycles. The third-order valence-corrected chi connectivity index (χ3v) is 23.1. The van der Waals surface area contributed by atoms with Gasteiger partial charge in [0.25, 0.3) is 0 Å². The Morgan fingerprint density at radius 1 is 0.661 bits per heavy atom. The first-order chi connectivity index (χ1) is 29.4. The predicted octanol–water partition coefficient (Wildman–Crippen LogP) is 7.07. The van der Waals surface area contributed by atoms with Crippen molar-refractivity contribution in [1.82, 2.24) is 0 Å². The SMILES string of the molecule is C=C1C[C@@H]2[C@@H](CC[C@]3(C)C(=O)CC[C@@H]23)[C@@]2(C)C(OC(=O)/C=C/C(=O)OC3CC([S+]([O-])CCCN)CC4C(=C)C[C@@H]5[C@@H](CC[C@]6(C)C(=O)CC[C@@H]56)[C@@]34C)CC([S+]([O-])CCCN)CC12. The topological polar surface area (TPSA) is 185 Å². The molecular weight excluding hydrogens is 821 g/mol. The summed E-state index contributed by atoms with van der Waals surface area (Å²) in [6, 6.07) is 0. The monoisotopic (exact) mass is 894 g/mol. The van der Waals surface area contributed by atoms with Crippen LogP contribution in [0.15, 0.2) is 36.5 Å². The largest absolute Gasteiger partial charge is 0.616 e. The van der Waals surface area contributed by atoms with E-state index in [0.29, 0.717) is 74.7 Å². The average Bonchev–Trinajstić information content (AvgIpc) is 3.72. The smallest absolute Gasteiger partial charge is 0.331 e. The maximum atomic E-state index is 14.1. The van der Waals surface area contributed by atoms with Crippen LogP contribution in [0.4, 0.5) is 0 Å². The van der Waals surface area contributed by atoms with Crippen LogP contribution in [0.1, 0.15) is 130 Å². The van der Waals surface area contributed by atoms with Crippen molar-refractivity contribution >= 4 is 45.9 Å². The van der Waals surface area contributed by atoms with E-state index < -0.39 is 57.3 Å². The number of allylic oxidation sites excluding steroid dienone is 2. The number of esters is 2. The van der Waals surface area contributed by atoms with Gasteiger partial charge < -0.3 is 30.0 Å². The van der Waals surface area contributed by atoms with Crippen molar-refractivity contribution < 1.29 is 37.8 Å². The molecule has 0 saturated heterocycles. The highest BCUT2D eigenvalue weighted by Gasteiger charge is 2.67. The second-order valence-electron chi connectivity index (χ2n) is 22.0. The number of hydrogen-bond acceptors (Lipinski definition) is 10. The zero-order valence-corrected chi connectivity index (χ0v) is 39.5. The second kappa shape index (κ2) is 17.7. The summed E-state index contributed by atoms with van der Waals surface area (Å²) in [6.07, 6.45) is 13.0. The standard InChI is InChI=1S/C50H74N2O8S2/c1-29-23-33-35-9-11-41(53)47(35,3)17-15-37(33)49(5)39(29)25-31(61(57)21-7-19-51)27-43(49)59-45(55)13-14-46(56)60-44-28-32(62(58)22-8-20-52)26-40-30(2)24-34-36-10-12-42(54)48(36,4)18-16-38(34)50(40,44)6/h13-14,31-40,43-44H,1-2,7-12,15-28,51-52H2,3-6H3/b14-13+/t31?,32?,33-,34-,35-,36-,37+,38+,39?,40?,43?,44?,47-,48-,49+,50+,61?,62?/m0/s1. The minimum atomic E-state index is -1.16. The summed E-state index contributed by atoms with van der Waals surface area (Å²) in [5, 5.41) is -0.363. The molecule has 8 unspecified atom stereocenters. The van der Waals surface area contributed by atoms with E-state index in [0.717, 1.165) is 75.4 Å². The Morgan fingerprint density at radius 3 is 1.42 bits per heavy atom. The first kappa shape index (κ1) is 46.6. The van der Waals surface area contributed by atoms with E-state index in [1.165, 1.54) is 12.2 Å². The zero-order chi connectivity index (χ0) is 44.5. The summed E-state index contributed by atoms with van der Waals surface area (Å²) in [5.41, 5.74) is 12.3. The van der Waals surface area contributed by atoms with Gasteiger partial charge in [0.2, 0.25) is 0 Å². The molecule has 0 amide bonds. The fourth-order valence-electron chi connectivity index (χ4n) is 16.0. The summed E-state index contributed by atoms with van der Waals surface area (Å²) in [4.78, 5) is 54.5. The first-order valence-electron chi connectivity index (χ1n) is 24.1. The zero-order valence-electron chi connectivity index (χ0n) is 37.9. The van der Waals surface area contributed by atoms with Gasteiger partial charge in [-0.05, 0) is 112 Å². The van der Waals surface area contributed by atoms with E-state index in [4.69, 9.17) is 20.9 Å². The van der Waals surface area contributed by atoms with Gasteiger partial charge in [0.15, 0.2) is 0 Å². The first-order valence-corrected chi connectivity index (χ1v) is 26.8. The summed E-state index contributed by atoms with van der Waals surface area (Å²) >= 11 is -2.32. The molecule has 0 aromatic carbocycles. The van der Waals surface area contributed by atoms with Crippen molar-refractivity contribution in [2.75, 3.05) is 24.6 Å². The van der Waals surface area contributed by atoms with Crippen molar-refractivity contribution in [2.45, 2.75) is 153 Å². The third-order valence-electron chi connectivity index (χ3n) is 19.4. The number of nitrogens with two attached hydrogens (primary N) is 2. The molecule has 8 rings (SSSR count). The van der Waals surface area contributed by atoms with Crippen LogP contribution < -0.4 is 11.5 Å². The van der Waals surface area contributed by atoms with E-state index in [2.05, 4.69) is 40.9 Å². The van der Waals surface area contributed by atoms with Crippen LogP contribution in [-0.2, 0) is 51.0 Å². The summed E-state index contributed by atoms with van der Waals surface area (Å²) < 4.78 is 40.5. The molecule has 8 saturated carbocycles. The fraction of sp³-hybridized carbons (Fsp3) is 0.800. The molecule has 0 spiro atoms. The van der Waals surface area contributed by atoms with Gasteiger partial charge in [-0.25, -0.2) is 9.59 Å². The van der Waals surface area contributed by atoms with E-state index in [1.54, 1.807) is 0 Å². The Morgan fingerprint density at radius 2 is 1.05 bits per heavy atom. The molecule has 10 nitrogen and oxygen atoms in total. The Labute approximate surface area is 376 Å². The van der Waals surface area contributed by atoms with Gasteiger partial charge in [0.05, 0.1) is 0 Å². The van der Waals surface area contributed by atoms with E-state index in [-0.39, 0.29) is 68.7 Å². The molecule has 8 fully saturated rings. The molecule has 4 N–H and O–H groups in total. The number of carbonyl (C=O) groups is 4.